The smallest absolute Gasteiger partial charge is 0.216 e. The van der Waals surface area contributed by atoms with Gasteiger partial charge in [-0.1, -0.05) is 0 Å². The van der Waals surface area contributed by atoms with Crippen LogP contribution < -0.4 is 5.32 Å². The van der Waals surface area contributed by atoms with Crippen molar-refractivity contribution in [1.82, 2.24) is 10.2 Å². The van der Waals surface area contributed by atoms with Crippen LogP contribution in [-0.4, -0.2) is 37.5 Å². The number of likely N-dealkylation sites (tertiary alicyclic amines) is 1. The first-order valence-corrected chi connectivity index (χ1v) is 4.61. The van der Waals surface area contributed by atoms with Crippen molar-refractivity contribution in [1.29, 1.82) is 0 Å². The average molecular weight is 170 g/mol. The van der Waals surface area contributed by atoms with Crippen LogP contribution in [0.15, 0.2) is 0 Å². The topological polar surface area (TPSA) is 32.3 Å². The fourth-order valence-corrected chi connectivity index (χ4v) is 1.73. The zero-order valence-electron chi connectivity index (χ0n) is 7.97. The summed E-state index contributed by atoms with van der Waals surface area (Å²) in [4.78, 5) is 13.0. The van der Waals surface area contributed by atoms with E-state index < -0.39 is 0 Å². The molecule has 70 valence electrons. The summed E-state index contributed by atoms with van der Waals surface area (Å²) in [6.07, 6.45) is 2.52. The van der Waals surface area contributed by atoms with Gasteiger partial charge in [-0.2, -0.15) is 0 Å². The predicted octanol–water partition coefficient (Wildman–Crippen LogP) is 0.464. The van der Waals surface area contributed by atoms with Crippen LogP contribution >= 0.6 is 0 Å². The standard InChI is InChI=1S/C9H18N2O/c1-8(12)10-6-9-4-3-5-11(2)7-9/h9H,3-7H2,1-2H3,(H,10,12)/t9-/m1/s1. The van der Waals surface area contributed by atoms with Crippen molar-refractivity contribution < 1.29 is 4.79 Å². The van der Waals surface area contributed by atoms with Gasteiger partial charge in [0.2, 0.25) is 5.91 Å². The van der Waals surface area contributed by atoms with Crippen molar-refractivity contribution in [3.8, 4) is 0 Å². The van der Waals surface area contributed by atoms with Crippen LogP contribution in [0.3, 0.4) is 0 Å². The molecule has 1 aliphatic rings. The van der Waals surface area contributed by atoms with Crippen molar-refractivity contribution in [2.24, 2.45) is 5.92 Å². The van der Waals surface area contributed by atoms with E-state index in [2.05, 4.69) is 17.3 Å². The fraction of sp³-hybridized carbons (Fsp3) is 0.889. The molecule has 1 aliphatic heterocycles. The van der Waals surface area contributed by atoms with E-state index in [-0.39, 0.29) is 5.91 Å². The van der Waals surface area contributed by atoms with Crippen LogP contribution in [0.5, 0.6) is 0 Å². The molecule has 12 heavy (non-hydrogen) atoms. The second-order valence-corrected chi connectivity index (χ2v) is 3.71. The summed E-state index contributed by atoms with van der Waals surface area (Å²) < 4.78 is 0. The van der Waals surface area contributed by atoms with Gasteiger partial charge in [-0.05, 0) is 32.4 Å². The molecule has 1 saturated heterocycles. The Morgan fingerprint density at radius 2 is 2.42 bits per heavy atom. The molecule has 0 unspecified atom stereocenters. The lowest BCUT2D eigenvalue weighted by molar-refractivity contribution is -0.119. The summed E-state index contributed by atoms with van der Waals surface area (Å²) in [5.41, 5.74) is 0. The number of carbonyl (C=O) groups is 1. The van der Waals surface area contributed by atoms with Gasteiger partial charge in [0.05, 0.1) is 0 Å². The summed E-state index contributed by atoms with van der Waals surface area (Å²) in [5.74, 6) is 0.746. The fourth-order valence-electron chi connectivity index (χ4n) is 1.73. The molecule has 0 aromatic rings. The second kappa shape index (κ2) is 4.45. The third-order valence-corrected chi connectivity index (χ3v) is 2.36. The number of piperidine rings is 1. The zero-order valence-corrected chi connectivity index (χ0v) is 7.97. The Bertz CT molecular complexity index is 159. The van der Waals surface area contributed by atoms with Crippen molar-refractivity contribution in [2.75, 3.05) is 26.7 Å². The summed E-state index contributed by atoms with van der Waals surface area (Å²) in [6, 6.07) is 0. The van der Waals surface area contributed by atoms with Crippen LogP contribution in [0.1, 0.15) is 19.8 Å². The minimum atomic E-state index is 0.0863. The van der Waals surface area contributed by atoms with Crippen molar-refractivity contribution in [3.05, 3.63) is 0 Å². The summed E-state index contributed by atoms with van der Waals surface area (Å²) >= 11 is 0. The van der Waals surface area contributed by atoms with Gasteiger partial charge in [0.25, 0.3) is 0 Å². The molecule has 0 saturated carbocycles. The Morgan fingerprint density at radius 3 is 3.00 bits per heavy atom. The lowest BCUT2D eigenvalue weighted by atomic mass is 9.98. The van der Waals surface area contributed by atoms with E-state index in [4.69, 9.17) is 0 Å². The zero-order chi connectivity index (χ0) is 8.97. The molecular weight excluding hydrogens is 152 g/mol. The van der Waals surface area contributed by atoms with E-state index in [9.17, 15) is 4.79 Å². The highest BCUT2D eigenvalue weighted by Crippen LogP contribution is 2.13. The molecule has 0 spiro atoms. The van der Waals surface area contributed by atoms with Gasteiger partial charge in [0.15, 0.2) is 0 Å². The minimum Gasteiger partial charge on any atom is -0.356 e. The Labute approximate surface area is 74.1 Å². The van der Waals surface area contributed by atoms with Gasteiger partial charge < -0.3 is 10.2 Å². The quantitative estimate of drug-likeness (QED) is 0.653. The number of hydrogen-bond acceptors (Lipinski definition) is 2. The molecule has 3 nitrogen and oxygen atoms in total. The second-order valence-electron chi connectivity index (χ2n) is 3.71. The van der Waals surface area contributed by atoms with E-state index in [1.165, 1.54) is 19.4 Å². The molecule has 0 aromatic heterocycles. The van der Waals surface area contributed by atoms with Crippen LogP contribution in [-0.2, 0) is 4.79 Å². The Kier molecular flexibility index (Phi) is 3.53. The lowest BCUT2D eigenvalue weighted by Crippen LogP contribution is -2.38. The largest absolute Gasteiger partial charge is 0.356 e. The van der Waals surface area contributed by atoms with Crippen LogP contribution in [0.25, 0.3) is 0 Å². The molecule has 0 bridgehead atoms. The van der Waals surface area contributed by atoms with Crippen LogP contribution in [0.4, 0.5) is 0 Å². The Morgan fingerprint density at radius 1 is 1.67 bits per heavy atom. The number of nitrogens with one attached hydrogen (secondary N) is 1. The third kappa shape index (κ3) is 3.22. The van der Waals surface area contributed by atoms with Crippen LogP contribution in [0.2, 0.25) is 0 Å². The highest BCUT2D eigenvalue weighted by Gasteiger charge is 2.16. The van der Waals surface area contributed by atoms with E-state index in [1.54, 1.807) is 6.92 Å². The van der Waals surface area contributed by atoms with Crippen LogP contribution in [0, 0.1) is 5.92 Å². The molecular formula is C9H18N2O. The van der Waals surface area contributed by atoms with Gasteiger partial charge in [-0.3, -0.25) is 4.79 Å². The summed E-state index contributed by atoms with van der Waals surface area (Å²) in [7, 11) is 2.14. The van der Waals surface area contributed by atoms with Gasteiger partial charge in [-0.25, -0.2) is 0 Å². The molecule has 1 atom stereocenters. The van der Waals surface area contributed by atoms with E-state index in [0.717, 1.165) is 13.1 Å². The number of hydrogen-bond donors (Lipinski definition) is 1. The normalized spacial score (nSPS) is 25.3. The van der Waals surface area contributed by atoms with Gasteiger partial charge >= 0.3 is 0 Å². The molecule has 1 rings (SSSR count). The van der Waals surface area contributed by atoms with E-state index in [0.29, 0.717) is 5.92 Å². The van der Waals surface area contributed by atoms with Gasteiger partial charge in [-0.15, -0.1) is 0 Å². The van der Waals surface area contributed by atoms with Crippen molar-refractivity contribution in [2.45, 2.75) is 19.8 Å². The average Bonchev–Trinajstić information content (AvgIpc) is 2.01. The first kappa shape index (κ1) is 9.52. The lowest BCUT2D eigenvalue weighted by Gasteiger charge is -2.29. The monoisotopic (exact) mass is 170 g/mol. The molecule has 0 radical (unpaired) electrons. The maximum atomic E-state index is 10.6. The SMILES string of the molecule is CC(=O)NC[C@H]1CCCN(C)C1. The van der Waals surface area contributed by atoms with E-state index >= 15 is 0 Å². The third-order valence-electron chi connectivity index (χ3n) is 2.36. The number of nitrogens with zero attached hydrogens (tertiary/aromatic N) is 1. The molecule has 0 aliphatic carbocycles. The highest BCUT2D eigenvalue weighted by molar-refractivity contribution is 5.72. The van der Waals surface area contributed by atoms with Crippen molar-refractivity contribution in [3.63, 3.8) is 0 Å². The summed E-state index contributed by atoms with van der Waals surface area (Å²) in [5, 5.41) is 2.87. The maximum absolute atomic E-state index is 10.6. The molecule has 3 heteroatoms. The predicted molar refractivity (Wildman–Crippen MR) is 48.9 cm³/mol. The first-order chi connectivity index (χ1) is 5.68. The summed E-state index contributed by atoms with van der Waals surface area (Å²) in [6.45, 7) is 4.75. The Hall–Kier alpha value is -0.570. The van der Waals surface area contributed by atoms with Gasteiger partial charge in [0.1, 0.15) is 0 Å². The minimum absolute atomic E-state index is 0.0863. The molecule has 0 aromatic carbocycles. The van der Waals surface area contributed by atoms with Crippen molar-refractivity contribution >= 4 is 5.91 Å². The molecule has 1 fully saturated rings. The Balaban J connectivity index is 2.18. The molecule has 1 N–H and O–H groups in total. The number of amides is 1. The molecule has 1 amide bonds. The maximum Gasteiger partial charge on any atom is 0.216 e. The highest BCUT2D eigenvalue weighted by atomic mass is 16.1. The molecule has 1 heterocycles. The van der Waals surface area contributed by atoms with Gasteiger partial charge in [0, 0.05) is 20.0 Å². The first-order valence-electron chi connectivity index (χ1n) is 4.61. The van der Waals surface area contributed by atoms with E-state index in [1.807, 2.05) is 0 Å². The number of rotatable bonds is 2. The number of carbonyl (C=O) groups excluding carboxylic acids is 1.